The summed E-state index contributed by atoms with van der Waals surface area (Å²) in [4.78, 5) is 12.5. The van der Waals surface area contributed by atoms with Gasteiger partial charge in [-0.3, -0.25) is 4.79 Å². The molecule has 0 bridgehead atoms. The van der Waals surface area contributed by atoms with Gasteiger partial charge in [-0.2, -0.15) is 0 Å². The van der Waals surface area contributed by atoms with E-state index in [-0.39, 0.29) is 24.2 Å². The summed E-state index contributed by atoms with van der Waals surface area (Å²) in [5.74, 6) is 1.35. The maximum atomic E-state index is 12.5. The molecule has 0 spiro atoms. The first-order valence-electron chi connectivity index (χ1n) is 8.69. The highest BCUT2D eigenvalue weighted by atomic mass is 35.5. The summed E-state index contributed by atoms with van der Waals surface area (Å²) >= 11 is 0. The quantitative estimate of drug-likeness (QED) is 0.799. The summed E-state index contributed by atoms with van der Waals surface area (Å²) in [7, 11) is 0. The topological polar surface area (TPSA) is 41.1 Å². The predicted molar refractivity (Wildman–Crippen MR) is 98.9 cm³/mol. The minimum absolute atomic E-state index is 0. The van der Waals surface area contributed by atoms with Crippen molar-refractivity contribution < 1.29 is 4.79 Å². The van der Waals surface area contributed by atoms with Gasteiger partial charge in [0.2, 0.25) is 5.91 Å². The summed E-state index contributed by atoms with van der Waals surface area (Å²) in [6, 6.07) is 10.3. The average molecular weight is 339 g/mol. The van der Waals surface area contributed by atoms with Crippen molar-refractivity contribution in [2.75, 3.05) is 19.6 Å². The number of halogens is 1. The maximum Gasteiger partial charge on any atom is 0.223 e. The van der Waals surface area contributed by atoms with Crippen molar-refractivity contribution in [1.29, 1.82) is 0 Å². The van der Waals surface area contributed by atoms with Gasteiger partial charge in [-0.05, 0) is 56.2 Å². The van der Waals surface area contributed by atoms with Crippen LogP contribution in [0.1, 0.15) is 38.7 Å². The number of benzene rings is 1. The molecule has 1 heterocycles. The minimum Gasteiger partial charge on any atom is -0.356 e. The molecule has 1 aromatic rings. The molecule has 2 atom stereocenters. The first-order valence-corrected chi connectivity index (χ1v) is 8.69. The third kappa shape index (κ3) is 6.92. The first-order chi connectivity index (χ1) is 10.7. The predicted octanol–water partition coefficient (Wildman–Crippen LogP) is 3.43. The van der Waals surface area contributed by atoms with E-state index in [2.05, 4.69) is 36.6 Å². The van der Waals surface area contributed by atoms with Gasteiger partial charge in [0, 0.05) is 12.5 Å². The number of hydrogen-bond acceptors (Lipinski definition) is 2. The average Bonchev–Trinajstić information content (AvgIpc) is 2.54. The molecule has 1 aliphatic heterocycles. The molecule has 2 N–H and O–H groups in total. The Morgan fingerprint density at radius 1 is 1.30 bits per heavy atom. The molecule has 1 saturated heterocycles. The van der Waals surface area contributed by atoms with Crippen molar-refractivity contribution in [2.24, 2.45) is 17.8 Å². The second kappa shape index (κ2) is 10.7. The zero-order valence-electron chi connectivity index (χ0n) is 14.4. The number of nitrogens with one attached hydrogen (secondary N) is 2. The van der Waals surface area contributed by atoms with E-state index in [0.29, 0.717) is 5.92 Å². The zero-order valence-corrected chi connectivity index (χ0v) is 15.2. The third-order valence-corrected chi connectivity index (χ3v) is 4.69. The Hall–Kier alpha value is -1.06. The molecule has 1 aliphatic rings. The molecule has 3 nitrogen and oxygen atoms in total. The van der Waals surface area contributed by atoms with Crippen molar-refractivity contribution in [3.05, 3.63) is 35.9 Å². The monoisotopic (exact) mass is 338 g/mol. The van der Waals surface area contributed by atoms with Gasteiger partial charge in [-0.25, -0.2) is 0 Å². The van der Waals surface area contributed by atoms with Crippen LogP contribution >= 0.6 is 12.4 Å². The SMILES string of the molecule is CC(C)C(Cc1ccccc1)C(=O)NCCC1CCCNC1.Cl. The Labute approximate surface area is 147 Å². The van der Waals surface area contributed by atoms with Crippen LogP contribution in [0.3, 0.4) is 0 Å². The van der Waals surface area contributed by atoms with Crippen LogP contribution in [0.4, 0.5) is 0 Å². The minimum atomic E-state index is 0. The van der Waals surface area contributed by atoms with Crippen LogP contribution in [0.5, 0.6) is 0 Å². The fourth-order valence-corrected chi connectivity index (χ4v) is 3.20. The highest BCUT2D eigenvalue weighted by molar-refractivity contribution is 5.85. The lowest BCUT2D eigenvalue weighted by atomic mass is 9.88. The molecule has 2 unspecified atom stereocenters. The van der Waals surface area contributed by atoms with Gasteiger partial charge < -0.3 is 10.6 Å². The van der Waals surface area contributed by atoms with E-state index in [9.17, 15) is 4.79 Å². The van der Waals surface area contributed by atoms with E-state index in [1.54, 1.807) is 0 Å². The Morgan fingerprint density at radius 2 is 2.04 bits per heavy atom. The molecule has 0 aromatic heterocycles. The fraction of sp³-hybridized carbons (Fsp3) is 0.632. The summed E-state index contributed by atoms with van der Waals surface area (Å²) in [5.41, 5.74) is 1.24. The first kappa shape index (κ1) is 20.0. The van der Waals surface area contributed by atoms with Gasteiger partial charge in [-0.1, -0.05) is 44.2 Å². The summed E-state index contributed by atoms with van der Waals surface area (Å²) in [6.45, 7) is 7.34. The van der Waals surface area contributed by atoms with Gasteiger partial charge in [-0.15, -0.1) is 12.4 Å². The smallest absolute Gasteiger partial charge is 0.223 e. The van der Waals surface area contributed by atoms with Crippen molar-refractivity contribution >= 4 is 18.3 Å². The Balaban J connectivity index is 0.00000264. The number of rotatable bonds is 7. The van der Waals surface area contributed by atoms with Crippen LogP contribution in [0, 0.1) is 17.8 Å². The van der Waals surface area contributed by atoms with Crippen LogP contribution in [-0.2, 0) is 11.2 Å². The van der Waals surface area contributed by atoms with Crippen LogP contribution in [-0.4, -0.2) is 25.5 Å². The lowest BCUT2D eigenvalue weighted by Gasteiger charge is -2.24. The normalized spacial score (nSPS) is 19.0. The zero-order chi connectivity index (χ0) is 15.8. The van der Waals surface area contributed by atoms with Crippen molar-refractivity contribution in [1.82, 2.24) is 10.6 Å². The molecule has 2 rings (SSSR count). The standard InChI is InChI=1S/C19H30N2O.ClH/c1-15(2)18(13-16-7-4-3-5-8-16)19(22)21-12-10-17-9-6-11-20-14-17;/h3-5,7-8,15,17-18,20H,6,9-14H2,1-2H3,(H,21,22);1H. The highest BCUT2D eigenvalue weighted by Gasteiger charge is 2.22. The molecule has 23 heavy (non-hydrogen) atoms. The van der Waals surface area contributed by atoms with Crippen LogP contribution in [0.2, 0.25) is 0 Å². The van der Waals surface area contributed by atoms with E-state index in [0.717, 1.165) is 38.4 Å². The molecule has 1 aromatic carbocycles. The van der Waals surface area contributed by atoms with Crippen molar-refractivity contribution in [2.45, 2.75) is 39.5 Å². The second-order valence-electron chi connectivity index (χ2n) is 6.83. The largest absolute Gasteiger partial charge is 0.356 e. The Morgan fingerprint density at radius 3 is 2.65 bits per heavy atom. The molecular formula is C19H31ClN2O. The van der Waals surface area contributed by atoms with Crippen LogP contribution in [0.15, 0.2) is 30.3 Å². The number of carbonyl (C=O) groups excluding carboxylic acids is 1. The van der Waals surface area contributed by atoms with E-state index in [1.807, 2.05) is 18.2 Å². The van der Waals surface area contributed by atoms with Gasteiger partial charge >= 0.3 is 0 Å². The molecular weight excluding hydrogens is 308 g/mol. The molecule has 130 valence electrons. The molecule has 0 aliphatic carbocycles. The van der Waals surface area contributed by atoms with Crippen LogP contribution < -0.4 is 10.6 Å². The van der Waals surface area contributed by atoms with E-state index in [1.165, 1.54) is 18.4 Å². The van der Waals surface area contributed by atoms with Gasteiger partial charge in [0.25, 0.3) is 0 Å². The lowest BCUT2D eigenvalue weighted by molar-refractivity contribution is -0.126. The maximum absolute atomic E-state index is 12.5. The number of carbonyl (C=O) groups is 1. The van der Waals surface area contributed by atoms with Crippen LogP contribution in [0.25, 0.3) is 0 Å². The molecule has 1 amide bonds. The molecule has 1 fully saturated rings. The molecule has 0 radical (unpaired) electrons. The van der Waals surface area contributed by atoms with Gasteiger partial charge in [0.1, 0.15) is 0 Å². The Kier molecular flexibility index (Phi) is 9.27. The molecule has 4 heteroatoms. The van der Waals surface area contributed by atoms with Gasteiger partial charge in [0.15, 0.2) is 0 Å². The number of piperidine rings is 1. The number of amides is 1. The summed E-state index contributed by atoms with van der Waals surface area (Å²) < 4.78 is 0. The van der Waals surface area contributed by atoms with Gasteiger partial charge in [0.05, 0.1) is 0 Å². The third-order valence-electron chi connectivity index (χ3n) is 4.69. The second-order valence-corrected chi connectivity index (χ2v) is 6.83. The van der Waals surface area contributed by atoms with E-state index in [4.69, 9.17) is 0 Å². The number of hydrogen-bond donors (Lipinski definition) is 2. The lowest BCUT2D eigenvalue weighted by Crippen LogP contribution is -2.37. The van der Waals surface area contributed by atoms with Crippen molar-refractivity contribution in [3.8, 4) is 0 Å². The van der Waals surface area contributed by atoms with E-state index >= 15 is 0 Å². The Bertz CT molecular complexity index is 444. The fourth-order valence-electron chi connectivity index (χ4n) is 3.20. The summed E-state index contributed by atoms with van der Waals surface area (Å²) in [6.07, 6.45) is 4.48. The van der Waals surface area contributed by atoms with Crippen molar-refractivity contribution in [3.63, 3.8) is 0 Å². The highest BCUT2D eigenvalue weighted by Crippen LogP contribution is 2.18. The van der Waals surface area contributed by atoms with E-state index < -0.39 is 0 Å². The summed E-state index contributed by atoms with van der Waals surface area (Å²) in [5, 5.41) is 6.60. The molecule has 0 saturated carbocycles.